The maximum atomic E-state index is 11.2. The third-order valence-electron chi connectivity index (χ3n) is 1.83. The number of Topliss-reactive ketones (excluding diaryl/α,β-unsaturated/α-hetero) is 1. The molecule has 1 nitrogen and oxygen atoms in total. The molecular weight excluding hydrogens is 148 g/mol. The average Bonchev–Trinajstić information content (AvgIpc) is 1.96. The molecule has 0 N–H and O–H groups in total. The van der Waals surface area contributed by atoms with Crippen molar-refractivity contribution in [2.24, 2.45) is 5.92 Å². The Morgan fingerprint density at radius 2 is 1.83 bits per heavy atom. The largest absolute Gasteiger partial charge is 0.300 e. The van der Waals surface area contributed by atoms with Gasteiger partial charge in [0.1, 0.15) is 5.78 Å². The number of allylic oxidation sites excluding steroid dienone is 1. The van der Waals surface area contributed by atoms with Gasteiger partial charge in [-0.1, -0.05) is 19.4 Å². The van der Waals surface area contributed by atoms with Crippen molar-refractivity contribution in [3.63, 3.8) is 0 Å². The van der Waals surface area contributed by atoms with E-state index < -0.39 is 0 Å². The van der Waals surface area contributed by atoms with Gasteiger partial charge in [-0.05, 0) is 25.7 Å². The normalized spacial score (nSPS) is 10.3. The number of hydrogen-bond donors (Lipinski definition) is 0. The lowest BCUT2D eigenvalue weighted by atomic mass is 10.0. The molecule has 0 spiro atoms. The first-order valence-electron chi connectivity index (χ1n) is 4.68. The zero-order valence-electron chi connectivity index (χ0n) is 8.52. The van der Waals surface area contributed by atoms with Gasteiger partial charge >= 0.3 is 0 Å². The Hall–Kier alpha value is -0.590. The minimum Gasteiger partial charge on any atom is -0.300 e. The standard InChI is InChI=1S/C11H20O/c1-9(2)5-7-11(12)8-6-10(3)4/h10H,1,5-8H2,2-4H3. The SMILES string of the molecule is C=C(C)CCC(=O)CCC(C)C. The van der Waals surface area contributed by atoms with E-state index in [1.54, 1.807) is 0 Å². The summed E-state index contributed by atoms with van der Waals surface area (Å²) in [5.74, 6) is 1.02. The van der Waals surface area contributed by atoms with Gasteiger partial charge in [-0.25, -0.2) is 0 Å². The van der Waals surface area contributed by atoms with Crippen LogP contribution in [0.2, 0.25) is 0 Å². The van der Waals surface area contributed by atoms with Gasteiger partial charge in [-0.15, -0.1) is 6.58 Å². The van der Waals surface area contributed by atoms with Crippen LogP contribution >= 0.6 is 0 Å². The molecule has 1 heteroatoms. The molecule has 0 aliphatic carbocycles. The Morgan fingerprint density at radius 1 is 1.25 bits per heavy atom. The van der Waals surface area contributed by atoms with Crippen molar-refractivity contribution in [1.29, 1.82) is 0 Å². The molecule has 0 aromatic heterocycles. The molecule has 0 fully saturated rings. The van der Waals surface area contributed by atoms with Crippen molar-refractivity contribution in [3.8, 4) is 0 Å². The summed E-state index contributed by atoms with van der Waals surface area (Å²) in [6.45, 7) is 10.0. The Bertz CT molecular complexity index is 156. The summed E-state index contributed by atoms with van der Waals surface area (Å²) in [6.07, 6.45) is 3.30. The fraction of sp³-hybridized carbons (Fsp3) is 0.727. The Morgan fingerprint density at radius 3 is 2.25 bits per heavy atom. The fourth-order valence-corrected chi connectivity index (χ4v) is 0.927. The van der Waals surface area contributed by atoms with E-state index in [0.29, 0.717) is 18.1 Å². The van der Waals surface area contributed by atoms with E-state index in [1.807, 2.05) is 6.92 Å². The van der Waals surface area contributed by atoms with Gasteiger partial charge in [0, 0.05) is 12.8 Å². The molecule has 0 radical (unpaired) electrons. The minimum absolute atomic E-state index is 0.381. The molecule has 70 valence electrons. The van der Waals surface area contributed by atoms with Crippen molar-refractivity contribution < 1.29 is 4.79 Å². The first kappa shape index (κ1) is 11.4. The van der Waals surface area contributed by atoms with E-state index in [2.05, 4.69) is 20.4 Å². The molecular formula is C11H20O. The highest BCUT2D eigenvalue weighted by atomic mass is 16.1. The first-order chi connectivity index (χ1) is 5.52. The van der Waals surface area contributed by atoms with Crippen molar-refractivity contribution in [1.82, 2.24) is 0 Å². The summed E-state index contributed by atoms with van der Waals surface area (Å²) in [4.78, 5) is 11.2. The van der Waals surface area contributed by atoms with Gasteiger partial charge < -0.3 is 0 Å². The highest BCUT2D eigenvalue weighted by Crippen LogP contribution is 2.08. The minimum atomic E-state index is 0.381. The lowest BCUT2D eigenvalue weighted by Crippen LogP contribution is -2.00. The smallest absolute Gasteiger partial charge is 0.133 e. The highest BCUT2D eigenvalue weighted by molar-refractivity contribution is 5.78. The molecule has 0 saturated carbocycles. The number of rotatable bonds is 6. The van der Waals surface area contributed by atoms with Crippen LogP contribution in [-0.2, 0) is 4.79 Å². The molecule has 0 amide bonds. The second kappa shape index (κ2) is 5.99. The Labute approximate surface area is 75.9 Å². The summed E-state index contributed by atoms with van der Waals surface area (Å²) in [6, 6.07) is 0. The molecule has 0 heterocycles. The maximum absolute atomic E-state index is 11.2. The number of ketones is 1. The molecule has 0 aromatic carbocycles. The summed E-state index contributed by atoms with van der Waals surface area (Å²) in [5, 5.41) is 0. The van der Waals surface area contributed by atoms with Crippen LogP contribution in [0.1, 0.15) is 46.5 Å². The predicted octanol–water partition coefficient (Wildman–Crippen LogP) is 3.35. The topological polar surface area (TPSA) is 17.1 Å². The van der Waals surface area contributed by atoms with Crippen LogP contribution in [0.4, 0.5) is 0 Å². The van der Waals surface area contributed by atoms with E-state index in [4.69, 9.17) is 0 Å². The Kier molecular flexibility index (Phi) is 5.69. The van der Waals surface area contributed by atoms with E-state index in [9.17, 15) is 4.79 Å². The second-order valence-corrected chi connectivity index (χ2v) is 3.93. The van der Waals surface area contributed by atoms with Gasteiger partial charge in [0.25, 0.3) is 0 Å². The summed E-state index contributed by atoms with van der Waals surface area (Å²) >= 11 is 0. The number of carbonyl (C=O) groups excluding carboxylic acids is 1. The van der Waals surface area contributed by atoms with E-state index in [-0.39, 0.29) is 0 Å². The van der Waals surface area contributed by atoms with Crippen LogP contribution in [0.3, 0.4) is 0 Å². The monoisotopic (exact) mass is 168 g/mol. The predicted molar refractivity (Wildman–Crippen MR) is 53.1 cm³/mol. The molecule has 0 aliphatic heterocycles. The molecule has 0 aliphatic rings. The molecule has 0 unspecified atom stereocenters. The first-order valence-corrected chi connectivity index (χ1v) is 4.68. The van der Waals surface area contributed by atoms with Gasteiger partial charge in [0.05, 0.1) is 0 Å². The highest BCUT2D eigenvalue weighted by Gasteiger charge is 2.03. The van der Waals surface area contributed by atoms with Crippen LogP contribution in [0, 0.1) is 5.92 Å². The van der Waals surface area contributed by atoms with Crippen LogP contribution in [0.5, 0.6) is 0 Å². The molecule has 0 saturated heterocycles. The molecule has 0 aromatic rings. The van der Waals surface area contributed by atoms with Gasteiger partial charge in [-0.2, -0.15) is 0 Å². The second-order valence-electron chi connectivity index (χ2n) is 3.93. The van der Waals surface area contributed by atoms with E-state index in [0.717, 1.165) is 24.8 Å². The van der Waals surface area contributed by atoms with Crippen molar-refractivity contribution in [2.45, 2.75) is 46.5 Å². The third-order valence-corrected chi connectivity index (χ3v) is 1.83. The number of carbonyl (C=O) groups is 1. The summed E-state index contributed by atoms with van der Waals surface area (Å²) in [7, 11) is 0. The van der Waals surface area contributed by atoms with Gasteiger partial charge in [-0.3, -0.25) is 4.79 Å². The molecule has 12 heavy (non-hydrogen) atoms. The molecule has 0 bridgehead atoms. The lowest BCUT2D eigenvalue weighted by molar-refractivity contribution is -0.119. The fourth-order valence-electron chi connectivity index (χ4n) is 0.927. The van der Waals surface area contributed by atoms with Crippen LogP contribution in [0.25, 0.3) is 0 Å². The number of hydrogen-bond acceptors (Lipinski definition) is 1. The lowest BCUT2D eigenvalue weighted by Gasteiger charge is -2.03. The molecule has 0 atom stereocenters. The summed E-state index contributed by atoms with van der Waals surface area (Å²) < 4.78 is 0. The summed E-state index contributed by atoms with van der Waals surface area (Å²) in [5.41, 5.74) is 1.10. The van der Waals surface area contributed by atoms with Gasteiger partial charge in [0.2, 0.25) is 0 Å². The van der Waals surface area contributed by atoms with Crippen molar-refractivity contribution in [2.75, 3.05) is 0 Å². The zero-order chi connectivity index (χ0) is 9.56. The van der Waals surface area contributed by atoms with Crippen molar-refractivity contribution >= 4 is 5.78 Å². The zero-order valence-corrected chi connectivity index (χ0v) is 8.52. The maximum Gasteiger partial charge on any atom is 0.133 e. The van der Waals surface area contributed by atoms with E-state index in [1.165, 1.54) is 0 Å². The quantitative estimate of drug-likeness (QED) is 0.556. The molecule has 0 rings (SSSR count). The third kappa shape index (κ3) is 7.52. The van der Waals surface area contributed by atoms with Gasteiger partial charge in [0.15, 0.2) is 0 Å². The van der Waals surface area contributed by atoms with Crippen LogP contribution in [0.15, 0.2) is 12.2 Å². The Balaban J connectivity index is 3.40. The van der Waals surface area contributed by atoms with Crippen LogP contribution in [-0.4, -0.2) is 5.78 Å². The van der Waals surface area contributed by atoms with E-state index >= 15 is 0 Å². The van der Waals surface area contributed by atoms with Crippen molar-refractivity contribution in [3.05, 3.63) is 12.2 Å². The average molecular weight is 168 g/mol. The van der Waals surface area contributed by atoms with Crippen LogP contribution < -0.4 is 0 Å².